The van der Waals surface area contributed by atoms with Gasteiger partial charge in [-0.1, -0.05) is 35.2 Å². The Morgan fingerprint density at radius 3 is 2.94 bits per heavy atom. The highest BCUT2D eigenvalue weighted by Gasteiger charge is 1.99. The van der Waals surface area contributed by atoms with E-state index < -0.39 is 0 Å². The molecule has 0 atom stereocenters. The van der Waals surface area contributed by atoms with E-state index in [2.05, 4.69) is 34.2 Å². The molecule has 1 heterocycles. The predicted molar refractivity (Wildman–Crippen MR) is 70.3 cm³/mol. The van der Waals surface area contributed by atoms with Crippen molar-refractivity contribution in [3.05, 3.63) is 47.7 Å². The molecule has 0 aliphatic rings. The van der Waals surface area contributed by atoms with Gasteiger partial charge >= 0.3 is 0 Å². The zero-order valence-electron chi connectivity index (χ0n) is 9.32. The molecule has 1 aromatic heterocycles. The Labute approximate surface area is 104 Å². The molecule has 4 heteroatoms. The van der Waals surface area contributed by atoms with E-state index in [1.54, 1.807) is 13.3 Å². The molecule has 0 aliphatic heterocycles. The molecule has 86 valence electrons. The van der Waals surface area contributed by atoms with Crippen molar-refractivity contribution in [1.29, 1.82) is 0 Å². The van der Waals surface area contributed by atoms with Crippen LogP contribution in [0.1, 0.15) is 5.56 Å². The molecular weight excluding hydrogens is 268 g/mol. The van der Waals surface area contributed by atoms with Crippen LogP contribution >= 0.6 is 15.9 Å². The van der Waals surface area contributed by atoms with Gasteiger partial charge < -0.3 is 4.74 Å². The highest BCUT2D eigenvalue weighted by molar-refractivity contribution is 9.11. The van der Waals surface area contributed by atoms with Crippen molar-refractivity contribution in [2.24, 2.45) is 0 Å². The second kappa shape index (κ2) is 6.45. The number of hydrogen-bond donors (Lipinski definition) is 0. The Kier molecular flexibility index (Phi) is 5.22. The summed E-state index contributed by atoms with van der Waals surface area (Å²) in [7, 11) is 1.67. The summed E-state index contributed by atoms with van der Waals surface area (Å²) >= 11 is 3.26. The number of nitrogens with zero attached hydrogens (tertiary/aromatic N) is 2. The third kappa shape index (κ3) is 4.16. The summed E-state index contributed by atoms with van der Waals surface area (Å²) in [5.41, 5.74) is 1.91. The summed E-state index contributed by atoms with van der Waals surface area (Å²) in [6.45, 7) is 9.08. The molecule has 0 amide bonds. The minimum absolute atomic E-state index is 0.654. The molecule has 0 aliphatic carbocycles. The summed E-state index contributed by atoms with van der Waals surface area (Å²) in [5, 5.41) is 4.21. The van der Waals surface area contributed by atoms with E-state index in [1.165, 1.54) is 0 Å². The van der Waals surface area contributed by atoms with Gasteiger partial charge in [0.25, 0.3) is 0 Å². The molecular formula is C12H15BrN2O. The molecule has 1 aromatic rings. The lowest BCUT2D eigenvalue weighted by atomic mass is 10.1. The van der Waals surface area contributed by atoms with E-state index in [0.29, 0.717) is 6.61 Å². The highest BCUT2D eigenvalue weighted by Crippen LogP contribution is 2.14. The molecule has 0 saturated carbocycles. The van der Waals surface area contributed by atoms with Crippen LogP contribution in [-0.2, 0) is 11.3 Å². The quantitative estimate of drug-likeness (QED) is 0.750. The van der Waals surface area contributed by atoms with Gasteiger partial charge in [-0.3, -0.25) is 4.68 Å². The van der Waals surface area contributed by atoms with Crippen LogP contribution in [0.25, 0.3) is 5.57 Å². The maximum absolute atomic E-state index is 4.98. The van der Waals surface area contributed by atoms with Crippen LogP contribution < -0.4 is 0 Å². The molecule has 0 bridgehead atoms. The van der Waals surface area contributed by atoms with E-state index in [9.17, 15) is 0 Å². The highest BCUT2D eigenvalue weighted by atomic mass is 79.9. The molecule has 0 saturated heterocycles. The lowest BCUT2D eigenvalue weighted by molar-refractivity contribution is 0.183. The largest absolute Gasteiger partial charge is 0.383 e. The van der Waals surface area contributed by atoms with Gasteiger partial charge in [0.2, 0.25) is 0 Å². The lowest BCUT2D eigenvalue weighted by Crippen LogP contribution is -2.03. The molecule has 0 radical (unpaired) electrons. The van der Waals surface area contributed by atoms with Crippen LogP contribution in [0.2, 0.25) is 0 Å². The van der Waals surface area contributed by atoms with Crippen molar-refractivity contribution >= 4 is 21.5 Å². The van der Waals surface area contributed by atoms with Gasteiger partial charge in [-0.15, -0.1) is 0 Å². The number of allylic oxidation sites excluding steroid dienone is 4. The Morgan fingerprint density at radius 1 is 1.56 bits per heavy atom. The normalized spacial score (nSPS) is 10.9. The minimum atomic E-state index is 0.654. The Hall–Kier alpha value is -1.13. The Bertz CT molecular complexity index is 407. The molecule has 0 spiro atoms. The first-order chi connectivity index (χ1) is 7.63. The van der Waals surface area contributed by atoms with Gasteiger partial charge in [-0.2, -0.15) is 5.10 Å². The van der Waals surface area contributed by atoms with Crippen LogP contribution in [0, 0.1) is 0 Å². The summed E-state index contributed by atoms with van der Waals surface area (Å²) in [6.07, 6.45) is 7.49. The molecule has 3 nitrogen and oxygen atoms in total. The first-order valence-corrected chi connectivity index (χ1v) is 5.66. The number of hydrogen-bond acceptors (Lipinski definition) is 2. The first kappa shape index (κ1) is 12.9. The number of ether oxygens (including phenoxy) is 1. The van der Waals surface area contributed by atoms with Crippen molar-refractivity contribution in [1.82, 2.24) is 9.78 Å². The van der Waals surface area contributed by atoms with Gasteiger partial charge in [-0.05, 0) is 11.6 Å². The van der Waals surface area contributed by atoms with Crippen molar-refractivity contribution in [2.75, 3.05) is 13.7 Å². The molecule has 0 N–H and O–H groups in total. The van der Waals surface area contributed by atoms with Gasteiger partial charge in [0.15, 0.2) is 0 Å². The van der Waals surface area contributed by atoms with Gasteiger partial charge in [-0.25, -0.2) is 0 Å². The van der Waals surface area contributed by atoms with Crippen molar-refractivity contribution in [2.45, 2.75) is 6.54 Å². The molecule has 16 heavy (non-hydrogen) atoms. The zero-order valence-corrected chi connectivity index (χ0v) is 10.9. The third-order valence-electron chi connectivity index (χ3n) is 1.99. The van der Waals surface area contributed by atoms with Crippen molar-refractivity contribution in [3.8, 4) is 0 Å². The van der Waals surface area contributed by atoms with Gasteiger partial charge in [0.05, 0.1) is 19.3 Å². The second-order valence-corrected chi connectivity index (χ2v) is 4.31. The maximum atomic E-state index is 4.98. The molecule has 0 unspecified atom stereocenters. The fraction of sp³-hybridized carbons (Fsp3) is 0.250. The Balaban J connectivity index is 2.63. The Morgan fingerprint density at radius 2 is 2.31 bits per heavy atom. The van der Waals surface area contributed by atoms with E-state index in [0.717, 1.165) is 22.2 Å². The number of methoxy groups -OCH3 is 1. The van der Waals surface area contributed by atoms with E-state index in [4.69, 9.17) is 4.74 Å². The summed E-state index contributed by atoms with van der Waals surface area (Å²) in [4.78, 5) is 0. The topological polar surface area (TPSA) is 27.1 Å². The second-order valence-electron chi connectivity index (χ2n) is 3.29. The number of rotatable bonds is 6. The van der Waals surface area contributed by atoms with Crippen LogP contribution in [-0.4, -0.2) is 23.5 Å². The van der Waals surface area contributed by atoms with E-state index >= 15 is 0 Å². The van der Waals surface area contributed by atoms with Crippen molar-refractivity contribution in [3.63, 3.8) is 0 Å². The van der Waals surface area contributed by atoms with Crippen molar-refractivity contribution < 1.29 is 4.74 Å². The molecule has 1 rings (SSSR count). The lowest BCUT2D eigenvalue weighted by Gasteiger charge is -1.98. The summed E-state index contributed by atoms with van der Waals surface area (Å²) < 4.78 is 7.63. The molecule has 0 aromatic carbocycles. The van der Waals surface area contributed by atoms with Crippen LogP contribution in [0.15, 0.2) is 42.2 Å². The zero-order chi connectivity index (χ0) is 12.0. The first-order valence-electron chi connectivity index (χ1n) is 4.86. The third-order valence-corrected chi connectivity index (χ3v) is 2.26. The van der Waals surface area contributed by atoms with Gasteiger partial charge in [0, 0.05) is 23.4 Å². The molecule has 0 fully saturated rings. The fourth-order valence-electron chi connectivity index (χ4n) is 1.12. The smallest absolute Gasteiger partial charge is 0.0658 e. The van der Waals surface area contributed by atoms with Crippen LogP contribution in [0.4, 0.5) is 0 Å². The van der Waals surface area contributed by atoms with Crippen LogP contribution in [0.5, 0.6) is 0 Å². The SMILES string of the molecule is C=C(Br)/C=C\C(=C)c1cnn(CCOC)c1. The van der Waals surface area contributed by atoms with Crippen LogP contribution in [0.3, 0.4) is 0 Å². The average molecular weight is 283 g/mol. The summed E-state index contributed by atoms with van der Waals surface area (Å²) in [6, 6.07) is 0. The maximum Gasteiger partial charge on any atom is 0.0658 e. The number of aromatic nitrogens is 2. The monoisotopic (exact) mass is 282 g/mol. The fourth-order valence-corrected chi connectivity index (χ4v) is 1.26. The van der Waals surface area contributed by atoms with E-state index in [-0.39, 0.29) is 0 Å². The number of halogens is 1. The van der Waals surface area contributed by atoms with Gasteiger partial charge in [0.1, 0.15) is 0 Å². The predicted octanol–water partition coefficient (Wildman–Crippen LogP) is 3.01. The van der Waals surface area contributed by atoms with E-state index in [1.807, 2.05) is 23.0 Å². The summed E-state index contributed by atoms with van der Waals surface area (Å²) in [5.74, 6) is 0. The standard InChI is InChI=1S/C12H15BrN2O/c1-10(4-5-11(2)13)12-8-14-15(9-12)6-7-16-3/h4-5,8-9H,1-2,6-7H2,3H3/b5-4-. The average Bonchev–Trinajstić information content (AvgIpc) is 2.71. The minimum Gasteiger partial charge on any atom is -0.383 e.